The number of anilines is 1. The number of nitrogens with one attached hydrogen (secondary N) is 1. The van der Waals surface area contributed by atoms with Gasteiger partial charge < -0.3 is 15.3 Å². The van der Waals surface area contributed by atoms with Crippen molar-refractivity contribution in [3.05, 3.63) is 58.1 Å². The first-order chi connectivity index (χ1) is 10.1. The molecule has 1 atom stereocenters. The molecule has 0 radical (unpaired) electrons. The molecule has 0 saturated carbocycles. The Hall–Kier alpha value is -1.71. The van der Waals surface area contributed by atoms with Crippen molar-refractivity contribution in [2.45, 2.75) is 12.5 Å². The van der Waals surface area contributed by atoms with Gasteiger partial charge in [0.15, 0.2) is 0 Å². The minimum absolute atomic E-state index is 0.219. The summed E-state index contributed by atoms with van der Waals surface area (Å²) in [6.07, 6.45) is 0. The van der Waals surface area contributed by atoms with Crippen LogP contribution in [0.15, 0.2) is 36.4 Å². The monoisotopic (exact) mass is 302 g/mol. The molecule has 0 saturated heterocycles. The molecule has 2 N–H and O–H groups in total. The molecule has 1 heterocycles. The summed E-state index contributed by atoms with van der Waals surface area (Å²) in [5, 5.41) is 14.0. The van der Waals surface area contributed by atoms with Crippen LogP contribution in [0.3, 0.4) is 0 Å². The SMILES string of the molecule is CNc1cccc(C2CN(C)Cc3c(O)cc(Cl)cc32)c1. The van der Waals surface area contributed by atoms with Gasteiger partial charge in [0.1, 0.15) is 5.75 Å². The van der Waals surface area contributed by atoms with Gasteiger partial charge in [-0.25, -0.2) is 0 Å². The van der Waals surface area contributed by atoms with E-state index in [4.69, 9.17) is 11.6 Å². The van der Waals surface area contributed by atoms with E-state index in [0.717, 1.165) is 29.9 Å². The van der Waals surface area contributed by atoms with E-state index >= 15 is 0 Å². The number of likely N-dealkylation sites (N-methyl/N-ethyl adjacent to an activating group) is 1. The highest BCUT2D eigenvalue weighted by Gasteiger charge is 2.27. The number of phenols is 1. The van der Waals surface area contributed by atoms with E-state index in [1.807, 2.05) is 19.2 Å². The van der Waals surface area contributed by atoms with Gasteiger partial charge in [-0.1, -0.05) is 23.7 Å². The lowest BCUT2D eigenvalue weighted by atomic mass is 9.84. The zero-order valence-corrected chi connectivity index (χ0v) is 13.0. The minimum atomic E-state index is 0.219. The first-order valence-corrected chi connectivity index (χ1v) is 7.44. The number of benzene rings is 2. The van der Waals surface area contributed by atoms with Gasteiger partial charge in [0, 0.05) is 42.3 Å². The van der Waals surface area contributed by atoms with Crippen LogP contribution in [0.5, 0.6) is 5.75 Å². The lowest BCUT2D eigenvalue weighted by Crippen LogP contribution is -2.31. The Balaban J connectivity index is 2.12. The molecular formula is C17H19ClN2O. The van der Waals surface area contributed by atoms with E-state index in [0.29, 0.717) is 10.8 Å². The average molecular weight is 303 g/mol. The fourth-order valence-corrected chi connectivity index (χ4v) is 3.29. The Labute approximate surface area is 130 Å². The maximum absolute atomic E-state index is 10.2. The maximum atomic E-state index is 10.2. The van der Waals surface area contributed by atoms with Gasteiger partial charge in [-0.15, -0.1) is 0 Å². The van der Waals surface area contributed by atoms with Crippen molar-refractivity contribution in [1.29, 1.82) is 0 Å². The Morgan fingerprint density at radius 3 is 2.86 bits per heavy atom. The second-order valence-corrected chi connectivity index (χ2v) is 6.05. The molecule has 0 aliphatic carbocycles. The number of hydrogen-bond donors (Lipinski definition) is 2. The van der Waals surface area contributed by atoms with Crippen molar-refractivity contribution in [2.24, 2.45) is 0 Å². The molecule has 3 nitrogen and oxygen atoms in total. The second kappa shape index (κ2) is 5.58. The van der Waals surface area contributed by atoms with Gasteiger partial charge in [0.25, 0.3) is 0 Å². The summed E-state index contributed by atoms with van der Waals surface area (Å²) in [5.74, 6) is 0.510. The first kappa shape index (κ1) is 14.2. The lowest BCUT2D eigenvalue weighted by Gasteiger charge is -2.33. The summed E-state index contributed by atoms with van der Waals surface area (Å²) >= 11 is 6.14. The van der Waals surface area contributed by atoms with Gasteiger partial charge in [0.2, 0.25) is 0 Å². The number of rotatable bonds is 2. The number of aromatic hydroxyl groups is 1. The molecule has 0 amide bonds. The van der Waals surface area contributed by atoms with Crippen LogP contribution in [-0.4, -0.2) is 30.6 Å². The smallest absolute Gasteiger partial charge is 0.121 e. The molecule has 21 heavy (non-hydrogen) atoms. The molecule has 0 bridgehead atoms. The minimum Gasteiger partial charge on any atom is -0.508 e. The van der Waals surface area contributed by atoms with Gasteiger partial charge >= 0.3 is 0 Å². The van der Waals surface area contributed by atoms with Crippen LogP contribution in [0.4, 0.5) is 5.69 Å². The number of phenolic OH excluding ortho intramolecular Hbond substituents is 1. The fourth-order valence-electron chi connectivity index (χ4n) is 3.07. The van der Waals surface area contributed by atoms with Gasteiger partial charge in [-0.2, -0.15) is 0 Å². The zero-order valence-electron chi connectivity index (χ0n) is 12.2. The van der Waals surface area contributed by atoms with Crippen LogP contribution >= 0.6 is 11.6 Å². The fraction of sp³-hybridized carbons (Fsp3) is 0.294. The van der Waals surface area contributed by atoms with Crippen molar-refractivity contribution in [1.82, 2.24) is 4.90 Å². The zero-order chi connectivity index (χ0) is 15.0. The summed E-state index contributed by atoms with van der Waals surface area (Å²) < 4.78 is 0. The van der Waals surface area contributed by atoms with Crippen molar-refractivity contribution < 1.29 is 5.11 Å². The molecular weight excluding hydrogens is 284 g/mol. The normalized spacial score (nSPS) is 18.3. The summed E-state index contributed by atoms with van der Waals surface area (Å²) in [4.78, 5) is 2.23. The second-order valence-electron chi connectivity index (χ2n) is 5.62. The molecule has 2 aromatic rings. The summed E-state index contributed by atoms with van der Waals surface area (Å²) in [7, 11) is 3.99. The quantitative estimate of drug-likeness (QED) is 0.888. The Bertz CT molecular complexity index is 672. The third-order valence-electron chi connectivity index (χ3n) is 4.10. The molecule has 1 aliphatic heterocycles. The standard InChI is InChI=1S/C17H19ClN2O/c1-19-13-5-3-4-11(6-13)15-9-20(2)10-16-14(15)7-12(18)8-17(16)21/h3-8,15,19,21H,9-10H2,1-2H3. The molecule has 3 rings (SSSR count). The van der Waals surface area contributed by atoms with Gasteiger partial charge in [-0.3, -0.25) is 0 Å². The van der Waals surface area contributed by atoms with Crippen LogP contribution in [-0.2, 0) is 6.54 Å². The van der Waals surface area contributed by atoms with Crippen LogP contribution in [0, 0.1) is 0 Å². The number of halogens is 1. The van der Waals surface area contributed by atoms with Crippen molar-refractivity contribution >= 4 is 17.3 Å². The highest BCUT2D eigenvalue weighted by atomic mass is 35.5. The first-order valence-electron chi connectivity index (χ1n) is 7.06. The molecule has 0 fully saturated rings. The van der Waals surface area contributed by atoms with Gasteiger partial charge in [-0.05, 0) is 42.4 Å². The molecule has 1 unspecified atom stereocenters. The van der Waals surface area contributed by atoms with Crippen LogP contribution in [0.2, 0.25) is 5.02 Å². The summed E-state index contributed by atoms with van der Waals surface area (Å²) in [5.41, 5.74) is 4.43. The van der Waals surface area contributed by atoms with Crippen molar-refractivity contribution in [3.8, 4) is 5.75 Å². The van der Waals surface area contributed by atoms with E-state index in [9.17, 15) is 5.11 Å². The third kappa shape index (κ3) is 2.71. The highest BCUT2D eigenvalue weighted by Crippen LogP contribution is 2.39. The predicted molar refractivity (Wildman–Crippen MR) is 87.3 cm³/mol. The molecule has 1 aliphatic rings. The van der Waals surface area contributed by atoms with E-state index in [1.54, 1.807) is 6.07 Å². The van der Waals surface area contributed by atoms with Crippen LogP contribution < -0.4 is 5.32 Å². The number of nitrogens with zero attached hydrogens (tertiary/aromatic N) is 1. The summed E-state index contributed by atoms with van der Waals surface area (Å²) in [6, 6.07) is 12.0. The van der Waals surface area contributed by atoms with Crippen molar-refractivity contribution in [3.63, 3.8) is 0 Å². The van der Waals surface area contributed by atoms with Crippen LogP contribution in [0.1, 0.15) is 22.6 Å². The summed E-state index contributed by atoms with van der Waals surface area (Å²) in [6.45, 7) is 1.67. The Morgan fingerprint density at radius 2 is 2.10 bits per heavy atom. The largest absolute Gasteiger partial charge is 0.508 e. The number of hydrogen-bond acceptors (Lipinski definition) is 3. The number of fused-ring (bicyclic) bond motifs is 1. The Kier molecular flexibility index (Phi) is 3.79. The van der Waals surface area contributed by atoms with E-state index in [-0.39, 0.29) is 5.92 Å². The molecule has 2 aromatic carbocycles. The average Bonchev–Trinajstić information content (AvgIpc) is 2.47. The molecule has 0 spiro atoms. The van der Waals surface area contributed by atoms with E-state index < -0.39 is 0 Å². The molecule has 4 heteroatoms. The van der Waals surface area contributed by atoms with Crippen LogP contribution in [0.25, 0.3) is 0 Å². The maximum Gasteiger partial charge on any atom is 0.121 e. The molecule has 110 valence electrons. The third-order valence-corrected chi connectivity index (χ3v) is 4.32. The van der Waals surface area contributed by atoms with Crippen molar-refractivity contribution in [2.75, 3.05) is 26.0 Å². The molecule has 0 aromatic heterocycles. The predicted octanol–water partition coefficient (Wildman–Crippen LogP) is 3.66. The van der Waals surface area contributed by atoms with E-state index in [1.165, 1.54) is 5.56 Å². The lowest BCUT2D eigenvalue weighted by molar-refractivity contribution is 0.288. The topological polar surface area (TPSA) is 35.5 Å². The highest BCUT2D eigenvalue weighted by molar-refractivity contribution is 6.30. The Morgan fingerprint density at radius 1 is 1.29 bits per heavy atom. The van der Waals surface area contributed by atoms with Gasteiger partial charge in [0.05, 0.1) is 0 Å². The van der Waals surface area contributed by atoms with E-state index in [2.05, 4.69) is 35.5 Å².